The minimum Gasteiger partial charge on any atom is -0.477 e. The van der Waals surface area contributed by atoms with E-state index >= 15 is 0 Å². The maximum absolute atomic E-state index is 12.7. The molecular formula is C45H88NO7+. The molecule has 8 heteroatoms. The van der Waals surface area contributed by atoms with E-state index in [0.717, 1.165) is 38.5 Å². The van der Waals surface area contributed by atoms with Crippen molar-refractivity contribution in [2.24, 2.45) is 0 Å². The average molecular weight is 755 g/mol. The number of ether oxygens (including phenoxy) is 3. The number of carboxylic acids is 1. The highest BCUT2D eigenvalue weighted by Crippen LogP contribution is 2.16. The fraction of sp³-hybridized carbons (Fsp3) is 0.933. The second-order valence-electron chi connectivity index (χ2n) is 16.7. The number of carboxylic acid groups (broad SMARTS) is 1. The van der Waals surface area contributed by atoms with Gasteiger partial charge in [-0.3, -0.25) is 9.59 Å². The van der Waals surface area contributed by atoms with Crippen LogP contribution in [0, 0.1) is 0 Å². The van der Waals surface area contributed by atoms with Crippen molar-refractivity contribution in [3.05, 3.63) is 0 Å². The summed E-state index contributed by atoms with van der Waals surface area (Å²) in [5, 5.41) is 9.60. The van der Waals surface area contributed by atoms with Gasteiger partial charge in [-0.2, -0.15) is 0 Å². The summed E-state index contributed by atoms with van der Waals surface area (Å²) < 4.78 is 17.2. The Morgan fingerprint density at radius 2 is 0.830 bits per heavy atom. The molecule has 0 aliphatic carbocycles. The Labute approximate surface area is 327 Å². The third-order valence-corrected chi connectivity index (χ3v) is 10.5. The number of rotatable bonds is 41. The Kier molecular flexibility index (Phi) is 36.1. The molecule has 0 aliphatic heterocycles. The highest BCUT2D eigenvalue weighted by atomic mass is 16.6. The summed E-state index contributed by atoms with van der Waals surface area (Å²) in [6, 6.07) is -0.607. The van der Waals surface area contributed by atoms with Gasteiger partial charge in [0, 0.05) is 19.3 Å². The van der Waals surface area contributed by atoms with Gasteiger partial charge in [-0.25, -0.2) is 4.79 Å². The highest BCUT2D eigenvalue weighted by Gasteiger charge is 2.31. The normalized spacial score (nSPS) is 12.8. The second-order valence-corrected chi connectivity index (χ2v) is 16.7. The topological polar surface area (TPSA) is 99.1 Å². The fourth-order valence-electron chi connectivity index (χ4n) is 6.98. The molecule has 0 fully saturated rings. The van der Waals surface area contributed by atoms with Crippen molar-refractivity contribution >= 4 is 17.9 Å². The number of aliphatic carboxylic acids is 1. The zero-order chi connectivity index (χ0) is 39.3. The molecule has 0 spiro atoms. The van der Waals surface area contributed by atoms with Crippen molar-refractivity contribution in [3.63, 3.8) is 0 Å². The van der Waals surface area contributed by atoms with Crippen molar-refractivity contribution in [3.8, 4) is 0 Å². The van der Waals surface area contributed by atoms with E-state index in [2.05, 4.69) is 13.8 Å². The second kappa shape index (κ2) is 37.3. The van der Waals surface area contributed by atoms with Crippen LogP contribution in [0.3, 0.4) is 0 Å². The Morgan fingerprint density at radius 1 is 0.491 bits per heavy atom. The van der Waals surface area contributed by atoms with Crippen molar-refractivity contribution in [2.75, 3.05) is 41.0 Å². The first kappa shape index (κ1) is 51.3. The van der Waals surface area contributed by atoms with Crippen LogP contribution in [0.2, 0.25) is 0 Å². The van der Waals surface area contributed by atoms with Crippen LogP contribution in [-0.2, 0) is 28.6 Å². The van der Waals surface area contributed by atoms with E-state index in [0.29, 0.717) is 19.3 Å². The molecule has 0 saturated carbocycles. The van der Waals surface area contributed by atoms with Crippen LogP contribution in [0.1, 0.15) is 219 Å². The van der Waals surface area contributed by atoms with Crippen LogP contribution in [0.4, 0.5) is 0 Å². The summed E-state index contributed by atoms with van der Waals surface area (Å²) in [5.41, 5.74) is 0. The fourth-order valence-corrected chi connectivity index (χ4v) is 6.98. The number of unbranched alkanes of at least 4 members (excludes halogenated alkanes) is 27. The van der Waals surface area contributed by atoms with Crippen LogP contribution in [-0.4, -0.2) is 80.6 Å². The number of nitrogens with zero attached hydrogens (tertiary/aromatic N) is 1. The first-order chi connectivity index (χ1) is 25.6. The maximum Gasteiger partial charge on any atom is 0.362 e. The molecule has 0 amide bonds. The molecule has 1 N–H and O–H groups in total. The van der Waals surface area contributed by atoms with Gasteiger partial charge in [-0.05, 0) is 12.8 Å². The number of hydrogen-bond donors (Lipinski definition) is 1. The molecule has 0 heterocycles. The Balaban J connectivity index is 4.14. The molecule has 2 atom stereocenters. The Bertz CT molecular complexity index is 843. The van der Waals surface area contributed by atoms with Gasteiger partial charge in [-0.15, -0.1) is 0 Å². The van der Waals surface area contributed by atoms with E-state index in [-0.39, 0.29) is 36.2 Å². The van der Waals surface area contributed by atoms with Gasteiger partial charge >= 0.3 is 17.9 Å². The molecule has 0 bridgehead atoms. The summed E-state index contributed by atoms with van der Waals surface area (Å²) in [6.07, 6.45) is 37.3. The lowest BCUT2D eigenvalue weighted by molar-refractivity contribution is -0.887. The molecule has 8 nitrogen and oxygen atoms in total. The number of esters is 2. The van der Waals surface area contributed by atoms with E-state index < -0.39 is 18.1 Å². The van der Waals surface area contributed by atoms with Gasteiger partial charge in [0.2, 0.25) is 0 Å². The lowest BCUT2D eigenvalue weighted by Crippen LogP contribution is -2.50. The monoisotopic (exact) mass is 755 g/mol. The molecule has 0 aromatic heterocycles. The molecule has 0 saturated heterocycles. The standard InChI is InChI=1S/C45H87NO7/c1-6-8-10-12-14-16-17-18-19-20-21-22-23-24-25-26-27-28-30-32-34-36-44(48)53-41(39-51-38-37-42(45(49)50)46(3,4)5)40-52-43(47)35-33-31-29-15-13-11-9-7-2/h41-42H,6-40H2,1-5H3/p+1. The molecule has 0 rings (SSSR count). The van der Waals surface area contributed by atoms with Crippen molar-refractivity contribution in [2.45, 2.75) is 231 Å². The predicted molar refractivity (Wildman–Crippen MR) is 220 cm³/mol. The van der Waals surface area contributed by atoms with Gasteiger partial charge in [0.05, 0.1) is 34.4 Å². The quantitative estimate of drug-likeness (QED) is 0.0377. The molecule has 0 radical (unpaired) electrons. The van der Waals surface area contributed by atoms with Crippen LogP contribution in [0.5, 0.6) is 0 Å². The predicted octanol–water partition coefficient (Wildman–Crippen LogP) is 12.1. The number of carbonyl (C=O) groups excluding carboxylic acids is 2. The number of hydrogen-bond acceptors (Lipinski definition) is 6. The highest BCUT2D eigenvalue weighted by molar-refractivity contribution is 5.72. The van der Waals surface area contributed by atoms with E-state index in [4.69, 9.17) is 14.2 Å². The zero-order valence-electron chi connectivity index (χ0n) is 35.7. The van der Waals surface area contributed by atoms with Crippen molar-refractivity contribution in [1.29, 1.82) is 0 Å². The first-order valence-electron chi connectivity index (χ1n) is 22.6. The third kappa shape index (κ3) is 35.8. The zero-order valence-corrected chi connectivity index (χ0v) is 35.7. The third-order valence-electron chi connectivity index (χ3n) is 10.5. The molecule has 0 aromatic carbocycles. The van der Waals surface area contributed by atoms with Crippen LogP contribution in [0.25, 0.3) is 0 Å². The number of likely N-dealkylation sites (N-methyl/N-ethyl adjacent to an activating group) is 1. The molecule has 53 heavy (non-hydrogen) atoms. The van der Waals surface area contributed by atoms with Gasteiger partial charge in [-0.1, -0.05) is 187 Å². The smallest absolute Gasteiger partial charge is 0.362 e. The number of quaternary nitrogens is 1. The van der Waals surface area contributed by atoms with Gasteiger partial charge in [0.25, 0.3) is 0 Å². The number of carbonyl (C=O) groups is 3. The summed E-state index contributed by atoms with van der Waals surface area (Å²) in [4.78, 5) is 36.8. The Hall–Kier alpha value is -1.67. The van der Waals surface area contributed by atoms with Gasteiger partial charge in [0.15, 0.2) is 12.1 Å². The molecular weight excluding hydrogens is 666 g/mol. The maximum atomic E-state index is 12.7. The van der Waals surface area contributed by atoms with Crippen LogP contribution >= 0.6 is 0 Å². The van der Waals surface area contributed by atoms with Crippen LogP contribution in [0.15, 0.2) is 0 Å². The Morgan fingerprint density at radius 3 is 1.17 bits per heavy atom. The minimum absolute atomic E-state index is 0.0431. The van der Waals surface area contributed by atoms with E-state index in [1.807, 2.05) is 21.1 Å². The molecule has 0 aromatic rings. The molecule has 2 unspecified atom stereocenters. The minimum atomic E-state index is -0.871. The summed E-state index contributed by atoms with van der Waals surface area (Å²) in [5.74, 6) is -1.45. The summed E-state index contributed by atoms with van der Waals surface area (Å²) >= 11 is 0. The van der Waals surface area contributed by atoms with Gasteiger partial charge < -0.3 is 23.8 Å². The van der Waals surface area contributed by atoms with E-state index in [9.17, 15) is 19.5 Å². The van der Waals surface area contributed by atoms with Crippen LogP contribution < -0.4 is 0 Å². The summed E-state index contributed by atoms with van der Waals surface area (Å²) in [6.45, 7) is 4.74. The van der Waals surface area contributed by atoms with Gasteiger partial charge in [0.1, 0.15) is 6.61 Å². The lowest BCUT2D eigenvalue weighted by Gasteiger charge is -2.31. The first-order valence-corrected chi connectivity index (χ1v) is 22.6. The average Bonchev–Trinajstić information content (AvgIpc) is 3.11. The summed E-state index contributed by atoms with van der Waals surface area (Å²) in [7, 11) is 5.53. The SMILES string of the molecule is CCCCCCCCCCCCCCCCCCCCCCCC(=O)OC(COCCC(C(=O)O)[N+](C)(C)C)COC(=O)CCCCCCCCCC. The van der Waals surface area contributed by atoms with Crippen molar-refractivity contribution in [1.82, 2.24) is 0 Å². The van der Waals surface area contributed by atoms with Crippen molar-refractivity contribution < 1.29 is 38.2 Å². The molecule has 314 valence electrons. The van der Waals surface area contributed by atoms with E-state index in [1.165, 1.54) is 148 Å². The molecule has 0 aliphatic rings. The van der Waals surface area contributed by atoms with E-state index in [1.54, 1.807) is 0 Å². The lowest BCUT2D eigenvalue weighted by atomic mass is 10.0. The largest absolute Gasteiger partial charge is 0.477 e.